The van der Waals surface area contributed by atoms with Crippen LogP contribution in [0.2, 0.25) is 0 Å². The molecule has 25 heavy (non-hydrogen) atoms. The van der Waals surface area contributed by atoms with Gasteiger partial charge in [0.2, 0.25) is 0 Å². The molecule has 0 aliphatic rings. The standard InChI is InChI=1S/C19H18N2O4/c1-3-24-15-9-5-4-7-14(15)12-20-21-19(22)17-11-13-8-6-10-16(23-2)18(13)25-17/h4-12H,3H2,1-2H3,(H,21,22)/b20-12-. The molecule has 1 heterocycles. The molecular weight excluding hydrogens is 320 g/mol. The van der Waals surface area contributed by atoms with Crippen molar-refractivity contribution in [2.45, 2.75) is 6.92 Å². The summed E-state index contributed by atoms with van der Waals surface area (Å²) in [5.41, 5.74) is 3.76. The van der Waals surface area contributed by atoms with Crippen LogP contribution in [0.5, 0.6) is 11.5 Å². The minimum Gasteiger partial charge on any atom is -0.493 e. The van der Waals surface area contributed by atoms with Crippen molar-refractivity contribution in [3.8, 4) is 11.5 Å². The highest BCUT2D eigenvalue weighted by Gasteiger charge is 2.14. The lowest BCUT2D eigenvalue weighted by atomic mass is 10.2. The summed E-state index contributed by atoms with van der Waals surface area (Å²) in [7, 11) is 1.55. The number of rotatable bonds is 6. The van der Waals surface area contributed by atoms with Gasteiger partial charge in [-0.05, 0) is 31.2 Å². The van der Waals surface area contributed by atoms with E-state index in [9.17, 15) is 4.79 Å². The molecule has 0 unspecified atom stereocenters. The fourth-order valence-corrected chi connectivity index (χ4v) is 2.40. The van der Waals surface area contributed by atoms with Crippen LogP contribution in [0.15, 0.2) is 58.0 Å². The maximum absolute atomic E-state index is 12.2. The van der Waals surface area contributed by atoms with Gasteiger partial charge >= 0.3 is 5.91 Å². The number of para-hydroxylation sites is 2. The van der Waals surface area contributed by atoms with Crippen molar-refractivity contribution in [2.75, 3.05) is 13.7 Å². The molecule has 3 aromatic rings. The molecular formula is C19H18N2O4. The summed E-state index contributed by atoms with van der Waals surface area (Å²) in [6.45, 7) is 2.46. The normalized spacial score (nSPS) is 11.0. The molecule has 6 nitrogen and oxygen atoms in total. The predicted octanol–water partition coefficient (Wildman–Crippen LogP) is 3.60. The van der Waals surface area contributed by atoms with Crippen LogP contribution in [-0.2, 0) is 0 Å². The van der Waals surface area contributed by atoms with Crippen LogP contribution in [0.4, 0.5) is 0 Å². The van der Waals surface area contributed by atoms with Crippen molar-refractivity contribution in [1.29, 1.82) is 0 Å². The van der Waals surface area contributed by atoms with Crippen LogP contribution in [0.3, 0.4) is 0 Å². The molecule has 0 bridgehead atoms. The molecule has 6 heteroatoms. The van der Waals surface area contributed by atoms with Crippen molar-refractivity contribution in [3.63, 3.8) is 0 Å². The zero-order valence-corrected chi connectivity index (χ0v) is 14.0. The molecule has 3 rings (SSSR count). The fraction of sp³-hybridized carbons (Fsp3) is 0.158. The number of hydrogen-bond acceptors (Lipinski definition) is 5. The Kier molecular flexibility index (Phi) is 4.99. The third-order valence-electron chi connectivity index (χ3n) is 3.54. The molecule has 1 aromatic heterocycles. The van der Waals surface area contributed by atoms with Gasteiger partial charge in [0.1, 0.15) is 5.75 Å². The monoisotopic (exact) mass is 338 g/mol. The molecule has 128 valence electrons. The fourth-order valence-electron chi connectivity index (χ4n) is 2.40. The summed E-state index contributed by atoms with van der Waals surface area (Å²) in [6, 6.07) is 14.6. The van der Waals surface area contributed by atoms with Gasteiger partial charge in [-0.1, -0.05) is 24.3 Å². The zero-order chi connectivity index (χ0) is 17.6. The first-order valence-corrected chi connectivity index (χ1v) is 7.84. The van der Waals surface area contributed by atoms with Crippen molar-refractivity contribution >= 4 is 23.1 Å². The number of ether oxygens (including phenoxy) is 2. The lowest BCUT2D eigenvalue weighted by molar-refractivity contribution is 0.0929. The SMILES string of the molecule is CCOc1ccccc1/C=N\NC(=O)c1cc2cccc(OC)c2o1. The van der Waals surface area contributed by atoms with Gasteiger partial charge in [-0.15, -0.1) is 0 Å². The molecule has 0 saturated heterocycles. The zero-order valence-electron chi connectivity index (χ0n) is 14.0. The smallest absolute Gasteiger partial charge is 0.307 e. The molecule has 0 aliphatic carbocycles. The quantitative estimate of drug-likeness (QED) is 0.550. The van der Waals surface area contributed by atoms with Gasteiger partial charge in [0, 0.05) is 10.9 Å². The van der Waals surface area contributed by atoms with E-state index >= 15 is 0 Å². The molecule has 0 fully saturated rings. The number of nitrogens with one attached hydrogen (secondary N) is 1. The number of hydrazone groups is 1. The summed E-state index contributed by atoms with van der Waals surface area (Å²) in [5, 5.41) is 4.76. The molecule has 0 aliphatic heterocycles. The number of methoxy groups -OCH3 is 1. The Labute approximate surface area is 145 Å². The second kappa shape index (κ2) is 7.53. The number of carbonyl (C=O) groups is 1. The van der Waals surface area contributed by atoms with Crippen LogP contribution >= 0.6 is 0 Å². The van der Waals surface area contributed by atoms with Crippen molar-refractivity contribution in [2.24, 2.45) is 5.10 Å². The van der Waals surface area contributed by atoms with E-state index < -0.39 is 5.91 Å². The minimum absolute atomic E-state index is 0.162. The Hall–Kier alpha value is -3.28. The Bertz CT molecular complexity index is 915. The van der Waals surface area contributed by atoms with Gasteiger partial charge in [0.25, 0.3) is 0 Å². The summed E-state index contributed by atoms with van der Waals surface area (Å²) < 4.78 is 16.3. The third-order valence-corrected chi connectivity index (χ3v) is 3.54. The van der Waals surface area contributed by atoms with E-state index in [-0.39, 0.29) is 5.76 Å². The van der Waals surface area contributed by atoms with E-state index in [2.05, 4.69) is 10.5 Å². The topological polar surface area (TPSA) is 73.1 Å². The van der Waals surface area contributed by atoms with Gasteiger partial charge < -0.3 is 13.9 Å². The van der Waals surface area contributed by atoms with Crippen LogP contribution in [0, 0.1) is 0 Å². The van der Waals surface area contributed by atoms with Crippen LogP contribution in [-0.4, -0.2) is 25.8 Å². The van der Waals surface area contributed by atoms with E-state index in [1.807, 2.05) is 43.3 Å². The third kappa shape index (κ3) is 3.63. The van der Waals surface area contributed by atoms with E-state index in [1.165, 1.54) is 6.21 Å². The number of furan rings is 1. The second-order valence-electron chi connectivity index (χ2n) is 5.16. The highest BCUT2D eigenvalue weighted by molar-refractivity contribution is 5.97. The average Bonchev–Trinajstić information content (AvgIpc) is 3.07. The molecule has 0 spiro atoms. The highest BCUT2D eigenvalue weighted by atomic mass is 16.5. The van der Waals surface area contributed by atoms with Crippen molar-refractivity contribution in [3.05, 3.63) is 59.9 Å². The van der Waals surface area contributed by atoms with E-state index in [1.54, 1.807) is 19.2 Å². The maximum atomic E-state index is 12.2. The van der Waals surface area contributed by atoms with E-state index in [4.69, 9.17) is 13.9 Å². The number of benzene rings is 2. The molecule has 2 aromatic carbocycles. The second-order valence-corrected chi connectivity index (χ2v) is 5.16. The lowest BCUT2D eigenvalue weighted by Gasteiger charge is -2.05. The molecule has 0 saturated carbocycles. The minimum atomic E-state index is -0.441. The predicted molar refractivity (Wildman–Crippen MR) is 95.4 cm³/mol. The Morgan fingerprint density at radius 2 is 2.00 bits per heavy atom. The number of carbonyl (C=O) groups excluding carboxylic acids is 1. The van der Waals surface area contributed by atoms with Gasteiger partial charge in [0.15, 0.2) is 17.1 Å². The number of nitrogens with zero attached hydrogens (tertiary/aromatic N) is 1. The first-order chi connectivity index (χ1) is 12.2. The molecule has 1 amide bonds. The number of fused-ring (bicyclic) bond motifs is 1. The Morgan fingerprint density at radius 1 is 1.20 bits per heavy atom. The van der Waals surface area contributed by atoms with Gasteiger partial charge in [0.05, 0.1) is 19.9 Å². The van der Waals surface area contributed by atoms with Gasteiger partial charge in [-0.3, -0.25) is 4.79 Å². The highest BCUT2D eigenvalue weighted by Crippen LogP contribution is 2.28. The lowest BCUT2D eigenvalue weighted by Crippen LogP contribution is -2.16. The summed E-state index contributed by atoms with van der Waals surface area (Å²) >= 11 is 0. The number of amides is 1. The van der Waals surface area contributed by atoms with Gasteiger partial charge in [-0.2, -0.15) is 5.10 Å². The van der Waals surface area contributed by atoms with Crippen molar-refractivity contribution < 1.29 is 18.7 Å². The summed E-state index contributed by atoms with van der Waals surface area (Å²) in [4.78, 5) is 12.2. The van der Waals surface area contributed by atoms with Crippen LogP contribution in [0.25, 0.3) is 11.0 Å². The van der Waals surface area contributed by atoms with Crippen molar-refractivity contribution in [1.82, 2.24) is 5.43 Å². The molecule has 0 atom stereocenters. The maximum Gasteiger partial charge on any atom is 0.307 e. The Balaban J connectivity index is 1.75. The largest absolute Gasteiger partial charge is 0.493 e. The number of hydrogen-bond donors (Lipinski definition) is 1. The summed E-state index contributed by atoms with van der Waals surface area (Å²) in [5.74, 6) is 1.00. The van der Waals surface area contributed by atoms with E-state index in [0.717, 1.165) is 10.9 Å². The van der Waals surface area contributed by atoms with Gasteiger partial charge in [-0.25, -0.2) is 5.43 Å². The first-order valence-electron chi connectivity index (χ1n) is 7.84. The molecule has 1 N–H and O–H groups in total. The first kappa shape index (κ1) is 16.6. The average molecular weight is 338 g/mol. The van der Waals surface area contributed by atoms with Crippen LogP contribution < -0.4 is 14.9 Å². The van der Waals surface area contributed by atoms with Crippen LogP contribution in [0.1, 0.15) is 23.0 Å². The molecule has 0 radical (unpaired) electrons. The van der Waals surface area contributed by atoms with E-state index in [0.29, 0.717) is 23.7 Å². The Morgan fingerprint density at radius 3 is 2.80 bits per heavy atom. The summed E-state index contributed by atoms with van der Waals surface area (Å²) in [6.07, 6.45) is 1.53.